The normalized spacial score (nSPS) is 16.6. The molecule has 11 nitrogen and oxygen atoms in total. The van der Waals surface area contributed by atoms with Crippen LogP contribution in [0.3, 0.4) is 0 Å². The van der Waals surface area contributed by atoms with Gasteiger partial charge < -0.3 is 9.88 Å². The number of rotatable bonds is 5. The monoisotopic (exact) mass is 443 g/mol. The fourth-order valence-electron chi connectivity index (χ4n) is 2.99. The molecule has 1 aliphatic rings. The van der Waals surface area contributed by atoms with E-state index in [0.717, 1.165) is 0 Å². The molecule has 0 bridgehead atoms. The van der Waals surface area contributed by atoms with Gasteiger partial charge >= 0.3 is 5.69 Å². The van der Waals surface area contributed by atoms with E-state index >= 15 is 0 Å². The van der Waals surface area contributed by atoms with Crippen molar-refractivity contribution < 1.29 is 16.8 Å². The summed E-state index contributed by atoms with van der Waals surface area (Å²) in [5.74, 6) is 0. The molecule has 0 saturated carbocycles. The third-order valence-corrected chi connectivity index (χ3v) is 8.00. The lowest BCUT2D eigenvalue weighted by Crippen LogP contribution is -2.46. The lowest BCUT2D eigenvalue weighted by Gasteiger charge is -2.31. The van der Waals surface area contributed by atoms with Gasteiger partial charge in [0.1, 0.15) is 0 Å². The lowest BCUT2D eigenvalue weighted by molar-refractivity contribution is 0.222. The summed E-state index contributed by atoms with van der Waals surface area (Å²) in [5.41, 5.74) is -1.90. The highest BCUT2D eigenvalue weighted by atomic mass is 32.2. The average molecular weight is 444 g/mol. The number of aryl methyl sites for hydroxylation is 1. The molecule has 0 unspecified atom stereocenters. The molecule has 1 aliphatic heterocycles. The SMILES string of the molecule is Cc1[nH]c(=O)[nH]c(=O)c1S(=O)(=O)Nc1ccc(S(=O)(=O)N2CCN(C)CC2)cc1. The fraction of sp³-hybridized carbons (Fsp3) is 0.375. The van der Waals surface area contributed by atoms with Crippen molar-refractivity contribution >= 4 is 25.7 Å². The number of anilines is 1. The second-order valence-corrected chi connectivity index (χ2v) is 10.3. The Kier molecular flexibility index (Phi) is 5.67. The molecule has 1 aromatic carbocycles. The molecule has 1 fully saturated rings. The molecule has 1 saturated heterocycles. The Morgan fingerprint density at radius 2 is 1.52 bits per heavy atom. The highest BCUT2D eigenvalue weighted by Gasteiger charge is 2.28. The number of likely N-dealkylation sites (N-methyl/N-ethyl adjacent to an activating group) is 1. The molecule has 0 atom stereocenters. The molecule has 29 heavy (non-hydrogen) atoms. The van der Waals surface area contributed by atoms with Gasteiger partial charge in [-0.25, -0.2) is 21.6 Å². The second-order valence-electron chi connectivity index (χ2n) is 6.70. The van der Waals surface area contributed by atoms with Crippen LogP contribution in [0.15, 0.2) is 43.6 Å². The first kappa shape index (κ1) is 21.2. The van der Waals surface area contributed by atoms with Crippen LogP contribution in [0, 0.1) is 6.92 Å². The Bertz CT molecular complexity index is 1220. The van der Waals surface area contributed by atoms with Crippen LogP contribution < -0.4 is 16.0 Å². The Hall–Kier alpha value is -2.48. The number of hydrogen-bond donors (Lipinski definition) is 3. The maximum atomic E-state index is 12.7. The van der Waals surface area contributed by atoms with E-state index in [-0.39, 0.29) is 16.3 Å². The molecule has 13 heteroatoms. The van der Waals surface area contributed by atoms with E-state index in [1.165, 1.54) is 35.5 Å². The van der Waals surface area contributed by atoms with E-state index < -0.39 is 36.2 Å². The first-order valence-corrected chi connectivity index (χ1v) is 11.6. The molecule has 158 valence electrons. The van der Waals surface area contributed by atoms with Gasteiger partial charge in [0.15, 0.2) is 4.90 Å². The van der Waals surface area contributed by atoms with Crippen LogP contribution >= 0.6 is 0 Å². The van der Waals surface area contributed by atoms with E-state index in [1.807, 2.05) is 16.9 Å². The van der Waals surface area contributed by atoms with Crippen LogP contribution in [0.2, 0.25) is 0 Å². The summed E-state index contributed by atoms with van der Waals surface area (Å²) in [6.07, 6.45) is 0. The standard InChI is InChI=1S/C16H21N5O6S2/c1-11-14(15(22)18-16(23)17-11)28(24,25)19-12-3-5-13(6-4-12)29(26,27)21-9-7-20(2)8-10-21/h3-6,19H,7-10H2,1-2H3,(H2,17,18,22,23). The molecule has 0 amide bonds. The van der Waals surface area contributed by atoms with E-state index in [9.17, 15) is 26.4 Å². The van der Waals surface area contributed by atoms with Crippen molar-refractivity contribution in [3.8, 4) is 0 Å². The minimum absolute atomic E-state index is 0.0445. The fourth-order valence-corrected chi connectivity index (χ4v) is 5.71. The molecule has 3 N–H and O–H groups in total. The molecule has 0 aliphatic carbocycles. The van der Waals surface area contributed by atoms with Crippen molar-refractivity contribution in [3.63, 3.8) is 0 Å². The van der Waals surface area contributed by atoms with Gasteiger partial charge in [-0.2, -0.15) is 4.31 Å². The summed E-state index contributed by atoms with van der Waals surface area (Å²) in [5, 5.41) is 0. The van der Waals surface area contributed by atoms with Crippen molar-refractivity contribution in [2.75, 3.05) is 37.9 Å². The van der Waals surface area contributed by atoms with Crippen molar-refractivity contribution in [2.24, 2.45) is 0 Å². The van der Waals surface area contributed by atoms with Crippen molar-refractivity contribution in [1.29, 1.82) is 0 Å². The van der Waals surface area contributed by atoms with Gasteiger partial charge in [-0.05, 0) is 38.2 Å². The van der Waals surface area contributed by atoms with Gasteiger partial charge in [0.2, 0.25) is 10.0 Å². The van der Waals surface area contributed by atoms with E-state index in [4.69, 9.17) is 0 Å². The Morgan fingerprint density at radius 3 is 2.07 bits per heavy atom. The van der Waals surface area contributed by atoms with Gasteiger partial charge in [0.25, 0.3) is 15.6 Å². The van der Waals surface area contributed by atoms with Crippen molar-refractivity contribution in [2.45, 2.75) is 16.7 Å². The highest BCUT2D eigenvalue weighted by molar-refractivity contribution is 7.92. The molecule has 2 aromatic rings. The van der Waals surface area contributed by atoms with Crippen LogP contribution in [-0.4, -0.2) is 69.2 Å². The van der Waals surface area contributed by atoms with Gasteiger partial charge in [0, 0.05) is 37.6 Å². The first-order chi connectivity index (χ1) is 13.5. The lowest BCUT2D eigenvalue weighted by atomic mass is 10.3. The molecule has 2 heterocycles. The number of hydrogen-bond acceptors (Lipinski definition) is 7. The first-order valence-electron chi connectivity index (χ1n) is 8.65. The van der Waals surface area contributed by atoms with E-state index in [0.29, 0.717) is 26.2 Å². The highest BCUT2D eigenvalue weighted by Crippen LogP contribution is 2.21. The van der Waals surface area contributed by atoms with Crippen LogP contribution in [0.5, 0.6) is 0 Å². The van der Waals surface area contributed by atoms with E-state index in [2.05, 4.69) is 9.71 Å². The summed E-state index contributed by atoms with van der Waals surface area (Å²) >= 11 is 0. The quantitative estimate of drug-likeness (QED) is 0.542. The van der Waals surface area contributed by atoms with Gasteiger partial charge in [0.05, 0.1) is 4.90 Å². The maximum Gasteiger partial charge on any atom is 0.325 e. The maximum absolute atomic E-state index is 12.7. The second kappa shape index (κ2) is 7.74. The van der Waals surface area contributed by atoms with Crippen molar-refractivity contribution in [3.05, 3.63) is 50.8 Å². The number of benzene rings is 1. The van der Waals surface area contributed by atoms with Crippen LogP contribution in [0.4, 0.5) is 5.69 Å². The average Bonchev–Trinajstić information content (AvgIpc) is 2.61. The van der Waals surface area contributed by atoms with Crippen molar-refractivity contribution in [1.82, 2.24) is 19.2 Å². The number of H-pyrrole nitrogens is 2. The molecule has 3 rings (SSSR count). The van der Waals surface area contributed by atoms with Crippen LogP contribution in [0.25, 0.3) is 0 Å². The number of sulfonamides is 2. The largest absolute Gasteiger partial charge is 0.325 e. The Morgan fingerprint density at radius 1 is 0.931 bits per heavy atom. The Labute approximate surface area is 167 Å². The third kappa shape index (κ3) is 4.42. The zero-order chi connectivity index (χ0) is 21.4. The third-order valence-electron chi connectivity index (χ3n) is 4.55. The molecular formula is C16H21N5O6S2. The molecule has 1 aromatic heterocycles. The topological polar surface area (TPSA) is 153 Å². The number of aromatic nitrogens is 2. The van der Waals surface area contributed by atoms with Crippen LogP contribution in [-0.2, 0) is 20.0 Å². The number of piperazine rings is 1. The minimum Gasteiger partial charge on any atom is -0.310 e. The van der Waals surface area contributed by atoms with E-state index in [1.54, 1.807) is 0 Å². The predicted octanol–water partition coefficient (Wildman–Crippen LogP) is -0.891. The summed E-state index contributed by atoms with van der Waals surface area (Å²) in [6, 6.07) is 5.20. The number of nitrogens with one attached hydrogen (secondary N) is 3. The summed E-state index contributed by atoms with van der Waals surface area (Å²) in [7, 11) is -6.06. The number of aromatic amines is 2. The van der Waals surface area contributed by atoms with Gasteiger partial charge in [-0.1, -0.05) is 0 Å². The molecular weight excluding hydrogens is 422 g/mol. The summed E-state index contributed by atoms with van der Waals surface area (Å²) in [4.78, 5) is 28.7. The molecule has 0 spiro atoms. The van der Waals surface area contributed by atoms with Gasteiger partial charge in [-0.3, -0.25) is 14.5 Å². The minimum atomic E-state index is -4.30. The summed E-state index contributed by atoms with van der Waals surface area (Å²) in [6.45, 7) is 3.30. The molecule has 0 radical (unpaired) electrons. The number of nitrogens with zero attached hydrogens (tertiary/aromatic N) is 2. The van der Waals surface area contributed by atoms with Gasteiger partial charge in [-0.15, -0.1) is 0 Å². The van der Waals surface area contributed by atoms with Crippen LogP contribution in [0.1, 0.15) is 5.69 Å². The zero-order valence-corrected chi connectivity index (χ0v) is 17.4. The smallest absolute Gasteiger partial charge is 0.310 e. The Balaban J connectivity index is 1.84. The summed E-state index contributed by atoms with van der Waals surface area (Å²) < 4.78 is 54.1. The zero-order valence-electron chi connectivity index (χ0n) is 15.8. The predicted molar refractivity (Wildman–Crippen MR) is 106 cm³/mol.